The second kappa shape index (κ2) is 6.32. The lowest BCUT2D eigenvalue weighted by atomic mass is 10.0. The maximum atomic E-state index is 11.8. The van der Waals surface area contributed by atoms with Gasteiger partial charge in [0.05, 0.1) is 19.9 Å². The minimum Gasteiger partial charge on any atom is -0.497 e. The van der Waals surface area contributed by atoms with Crippen LogP contribution in [0.15, 0.2) is 47.1 Å². The fourth-order valence-electron chi connectivity index (χ4n) is 1.77. The molecule has 2 amide bonds. The van der Waals surface area contributed by atoms with E-state index in [4.69, 9.17) is 9.15 Å². The van der Waals surface area contributed by atoms with Gasteiger partial charge in [-0.3, -0.25) is 0 Å². The number of aliphatic hydroxyl groups is 1. The summed E-state index contributed by atoms with van der Waals surface area (Å²) in [6.45, 7) is 1.60. The van der Waals surface area contributed by atoms with E-state index >= 15 is 0 Å². The quantitative estimate of drug-likeness (QED) is 0.789. The number of ether oxygens (including phenoxy) is 1. The molecule has 6 nitrogen and oxygen atoms in total. The van der Waals surface area contributed by atoms with Crippen LogP contribution in [0.4, 0.5) is 10.5 Å². The van der Waals surface area contributed by atoms with Gasteiger partial charge < -0.3 is 24.9 Å². The van der Waals surface area contributed by atoms with Crippen molar-refractivity contribution in [1.29, 1.82) is 0 Å². The van der Waals surface area contributed by atoms with E-state index in [1.807, 2.05) is 0 Å². The van der Waals surface area contributed by atoms with Gasteiger partial charge in [-0.1, -0.05) is 0 Å². The highest BCUT2D eigenvalue weighted by molar-refractivity contribution is 5.89. The van der Waals surface area contributed by atoms with Crippen molar-refractivity contribution in [2.45, 2.75) is 12.5 Å². The molecule has 2 aromatic rings. The SMILES string of the molecule is COc1ccc(NC(=O)NC[C@](C)(O)c2ccco2)cc1. The van der Waals surface area contributed by atoms with E-state index in [1.54, 1.807) is 50.4 Å². The van der Waals surface area contributed by atoms with Crippen LogP contribution in [-0.4, -0.2) is 24.8 Å². The lowest BCUT2D eigenvalue weighted by molar-refractivity contribution is 0.0372. The Labute approximate surface area is 122 Å². The summed E-state index contributed by atoms with van der Waals surface area (Å²) < 4.78 is 10.2. The summed E-state index contributed by atoms with van der Waals surface area (Å²) in [5.74, 6) is 1.11. The molecule has 0 aliphatic heterocycles. The van der Waals surface area contributed by atoms with Crippen molar-refractivity contribution >= 4 is 11.7 Å². The van der Waals surface area contributed by atoms with Gasteiger partial charge in [0, 0.05) is 5.69 Å². The molecule has 1 aromatic heterocycles. The Hall–Kier alpha value is -2.47. The Kier molecular flexibility index (Phi) is 4.49. The summed E-state index contributed by atoms with van der Waals surface area (Å²) in [6, 6.07) is 9.87. The highest BCUT2D eigenvalue weighted by atomic mass is 16.5. The molecule has 1 heterocycles. The van der Waals surface area contributed by atoms with E-state index in [9.17, 15) is 9.90 Å². The van der Waals surface area contributed by atoms with Gasteiger partial charge in [-0.15, -0.1) is 0 Å². The highest BCUT2D eigenvalue weighted by Gasteiger charge is 2.26. The van der Waals surface area contributed by atoms with Crippen LogP contribution >= 0.6 is 0 Å². The number of anilines is 1. The zero-order valence-electron chi connectivity index (χ0n) is 11.9. The molecule has 0 aliphatic carbocycles. The standard InChI is InChI=1S/C15H18N2O4/c1-15(19,13-4-3-9-21-13)10-16-14(18)17-11-5-7-12(20-2)8-6-11/h3-9,19H,10H2,1-2H3,(H2,16,17,18)/t15-/m0/s1. The van der Waals surface area contributed by atoms with E-state index in [0.717, 1.165) is 0 Å². The largest absolute Gasteiger partial charge is 0.497 e. The number of amides is 2. The van der Waals surface area contributed by atoms with Crippen molar-refractivity contribution in [3.63, 3.8) is 0 Å². The Bertz CT molecular complexity index is 576. The minimum atomic E-state index is -1.26. The molecule has 0 spiro atoms. The normalized spacial score (nSPS) is 13.3. The molecule has 21 heavy (non-hydrogen) atoms. The molecule has 112 valence electrons. The minimum absolute atomic E-state index is 0.0303. The van der Waals surface area contributed by atoms with Crippen LogP contribution in [0, 0.1) is 0 Å². The van der Waals surface area contributed by atoms with Crippen molar-refractivity contribution in [2.75, 3.05) is 19.0 Å². The molecule has 0 aliphatic rings. The number of carbonyl (C=O) groups is 1. The maximum absolute atomic E-state index is 11.8. The van der Waals surface area contributed by atoms with E-state index in [2.05, 4.69) is 10.6 Å². The average molecular weight is 290 g/mol. The predicted octanol–water partition coefficient (Wildman–Crippen LogP) is 2.32. The number of nitrogens with one attached hydrogen (secondary N) is 2. The Morgan fingerprint density at radius 1 is 1.33 bits per heavy atom. The first-order valence-corrected chi connectivity index (χ1v) is 6.46. The van der Waals surface area contributed by atoms with Gasteiger partial charge in [0.15, 0.2) is 0 Å². The lowest BCUT2D eigenvalue weighted by Gasteiger charge is -2.21. The fourth-order valence-corrected chi connectivity index (χ4v) is 1.77. The molecule has 1 aromatic carbocycles. The monoisotopic (exact) mass is 290 g/mol. The van der Waals surface area contributed by atoms with Gasteiger partial charge in [-0.2, -0.15) is 0 Å². The first-order chi connectivity index (χ1) is 10.0. The number of rotatable bonds is 5. The van der Waals surface area contributed by atoms with Crippen LogP contribution in [0.5, 0.6) is 5.75 Å². The molecule has 0 saturated carbocycles. The smallest absolute Gasteiger partial charge is 0.319 e. The summed E-state index contributed by atoms with van der Waals surface area (Å²) in [5, 5.41) is 15.5. The number of carbonyl (C=O) groups excluding carboxylic acids is 1. The zero-order valence-corrected chi connectivity index (χ0v) is 11.9. The summed E-state index contributed by atoms with van der Waals surface area (Å²) in [7, 11) is 1.58. The fraction of sp³-hybridized carbons (Fsp3) is 0.267. The number of hydrogen-bond donors (Lipinski definition) is 3. The van der Waals surface area contributed by atoms with Gasteiger partial charge in [0.1, 0.15) is 17.1 Å². The van der Waals surface area contributed by atoms with Crippen molar-refractivity contribution in [3.8, 4) is 5.75 Å². The van der Waals surface area contributed by atoms with Gasteiger partial charge in [-0.25, -0.2) is 4.79 Å². The van der Waals surface area contributed by atoms with Crippen molar-refractivity contribution < 1.29 is 19.1 Å². The molecule has 0 bridgehead atoms. The van der Waals surface area contributed by atoms with Gasteiger partial charge in [-0.05, 0) is 43.3 Å². The Balaban J connectivity index is 1.87. The van der Waals surface area contributed by atoms with Crippen LogP contribution in [0.25, 0.3) is 0 Å². The van der Waals surface area contributed by atoms with E-state index in [-0.39, 0.29) is 6.54 Å². The zero-order chi connectivity index (χ0) is 15.3. The molecule has 0 unspecified atom stereocenters. The number of hydrogen-bond acceptors (Lipinski definition) is 4. The van der Waals surface area contributed by atoms with Gasteiger partial charge in [0.2, 0.25) is 0 Å². The summed E-state index contributed by atoms with van der Waals surface area (Å²) in [5.41, 5.74) is -0.633. The van der Waals surface area contributed by atoms with Crippen LogP contribution in [-0.2, 0) is 5.60 Å². The molecule has 2 rings (SSSR count). The van der Waals surface area contributed by atoms with Crippen molar-refractivity contribution in [3.05, 3.63) is 48.4 Å². The average Bonchev–Trinajstić information content (AvgIpc) is 3.01. The van der Waals surface area contributed by atoms with Crippen LogP contribution in [0.2, 0.25) is 0 Å². The summed E-state index contributed by atoms with van der Waals surface area (Å²) >= 11 is 0. The molecular formula is C15H18N2O4. The van der Waals surface area contributed by atoms with E-state index in [0.29, 0.717) is 17.2 Å². The van der Waals surface area contributed by atoms with E-state index < -0.39 is 11.6 Å². The van der Waals surface area contributed by atoms with Crippen LogP contribution in [0.3, 0.4) is 0 Å². The number of furan rings is 1. The highest BCUT2D eigenvalue weighted by Crippen LogP contribution is 2.20. The lowest BCUT2D eigenvalue weighted by Crippen LogP contribution is -2.40. The Morgan fingerprint density at radius 3 is 2.62 bits per heavy atom. The van der Waals surface area contributed by atoms with Gasteiger partial charge >= 0.3 is 6.03 Å². The first-order valence-electron chi connectivity index (χ1n) is 6.46. The molecule has 6 heteroatoms. The molecule has 3 N–H and O–H groups in total. The molecule has 0 fully saturated rings. The molecule has 1 atom stereocenters. The summed E-state index contributed by atoms with van der Waals surface area (Å²) in [4.78, 5) is 11.8. The number of urea groups is 1. The third-order valence-electron chi connectivity index (χ3n) is 2.99. The van der Waals surface area contributed by atoms with Crippen LogP contribution in [0.1, 0.15) is 12.7 Å². The maximum Gasteiger partial charge on any atom is 0.319 e. The first kappa shape index (κ1) is 14.9. The van der Waals surface area contributed by atoms with Crippen molar-refractivity contribution in [2.24, 2.45) is 0 Å². The molecule has 0 radical (unpaired) electrons. The number of methoxy groups -OCH3 is 1. The summed E-state index contributed by atoms with van der Waals surface area (Å²) in [6.07, 6.45) is 1.47. The van der Waals surface area contributed by atoms with E-state index in [1.165, 1.54) is 6.26 Å². The van der Waals surface area contributed by atoms with Gasteiger partial charge in [0.25, 0.3) is 0 Å². The predicted molar refractivity (Wildman–Crippen MR) is 78.3 cm³/mol. The molecule has 0 saturated heterocycles. The molecular weight excluding hydrogens is 272 g/mol. The third-order valence-corrected chi connectivity index (χ3v) is 2.99. The Morgan fingerprint density at radius 2 is 2.05 bits per heavy atom. The number of benzene rings is 1. The van der Waals surface area contributed by atoms with Crippen LogP contribution < -0.4 is 15.4 Å². The third kappa shape index (κ3) is 4.00. The van der Waals surface area contributed by atoms with Crippen molar-refractivity contribution in [1.82, 2.24) is 5.32 Å². The second-order valence-electron chi connectivity index (χ2n) is 4.79. The topological polar surface area (TPSA) is 83.7 Å². The second-order valence-corrected chi connectivity index (χ2v) is 4.79.